The van der Waals surface area contributed by atoms with Crippen molar-refractivity contribution in [1.82, 2.24) is 14.6 Å². The first-order valence-electron chi connectivity index (χ1n) is 6.49. The molecule has 0 atom stereocenters. The smallest absolute Gasteiger partial charge is 0.406 e. The number of halogens is 4. The van der Waals surface area contributed by atoms with E-state index in [4.69, 9.17) is 0 Å². The van der Waals surface area contributed by atoms with E-state index in [-0.39, 0.29) is 11.4 Å². The van der Waals surface area contributed by atoms with E-state index in [0.717, 1.165) is 12.1 Å². The van der Waals surface area contributed by atoms with Crippen molar-refractivity contribution < 1.29 is 22.7 Å². The topological polar surface area (TPSA) is 68.5 Å². The maximum atomic E-state index is 12.3. The summed E-state index contributed by atoms with van der Waals surface area (Å²) in [5.41, 5.74) is 0.868. The summed E-state index contributed by atoms with van der Waals surface area (Å²) in [6, 6.07) is 6.45. The fourth-order valence-corrected chi connectivity index (χ4v) is 2.48. The zero-order valence-electron chi connectivity index (χ0n) is 11.7. The SMILES string of the molecule is O=C(Nc1ccc(OC(F)(F)F)cc1)c1nn2cccnc2c1Br. The van der Waals surface area contributed by atoms with Crippen molar-refractivity contribution in [2.75, 3.05) is 5.32 Å². The molecule has 0 aliphatic carbocycles. The molecule has 6 nitrogen and oxygen atoms in total. The molecule has 3 aromatic rings. The molecule has 124 valence electrons. The molecule has 2 heterocycles. The Labute approximate surface area is 141 Å². The van der Waals surface area contributed by atoms with E-state index < -0.39 is 12.3 Å². The van der Waals surface area contributed by atoms with Crippen molar-refractivity contribution >= 4 is 33.2 Å². The van der Waals surface area contributed by atoms with Gasteiger partial charge in [0.2, 0.25) is 0 Å². The highest BCUT2D eigenvalue weighted by Gasteiger charge is 2.31. The molecule has 3 rings (SSSR count). The summed E-state index contributed by atoms with van der Waals surface area (Å²) in [6.07, 6.45) is -1.57. The molecule has 2 aromatic heterocycles. The third-order valence-electron chi connectivity index (χ3n) is 2.90. The fraction of sp³-hybridized carbons (Fsp3) is 0.0714. The number of carbonyl (C=O) groups excluding carboxylic acids is 1. The van der Waals surface area contributed by atoms with Gasteiger partial charge in [-0.05, 0) is 46.3 Å². The lowest BCUT2D eigenvalue weighted by atomic mass is 10.3. The average Bonchev–Trinajstić information content (AvgIpc) is 2.85. The van der Waals surface area contributed by atoms with Gasteiger partial charge in [-0.2, -0.15) is 5.10 Å². The number of hydrogen-bond donors (Lipinski definition) is 1. The Morgan fingerprint density at radius 3 is 2.58 bits per heavy atom. The van der Waals surface area contributed by atoms with Crippen molar-refractivity contribution in [3.63, 3.8) is 0 Å². The van der Waals surface area contributed by atoms with E-state index >= 15 is 0 Å². The van der Waals surface area contributed by atoms with Crippen LogP contribution >= 0.6 is 15.9 Å². The number of benzene rings is 1. The summed E-state index contributed by atoms with van der Waals surface area (Å²) in [4.78, 5) is 16.3. The highest BCUT2D eigenvalue weighted by molar-refractivity contribution is 9.10. The van der Waals surface area contributed by atoms with Gasteiger partial charge >= 0.3 is 6.36 Å². The van der Waals surface area contributed by atoms with Crippen molar-refractivity contribution in [2.24, 2.45) is 0 Å². The number of aromatic nitrogens is 3. The number of alkyl halides is 3. The Hall–Kier alpha value is -2.62. The van der Waals surface area contributed by atoms with Crippen molar-refractivity contribution in [1.29, 1.82) is 0 Å². The van der Waals surface area contributed by atoms with Gasteiger partial charge in [0.05, 0.1) is 4.47 Å². The van der Waals surface area contributed by atoms with Crippen LogP contribution in [0.15, 0.2) is 47.2 Å². The van der Waals surface area contributed by atoms with Gasteiger partial charge in [0.25, 0.3) is 5.91 Å². The van der Waals surface area contributed by atoms with Crippen molar-refractivity contribution in [2.45, 2.75) is 6.36 Å². The van der Waals surface area contributed by atoms with Crippen LogP contribution in [-0.4, -0.2) is 26.9 Å². The first kappa shape index (κ1) is 16.2. The molecule has 10 heteroatoms. The van der Waals surface area contributed by atoms with E-state index in [0.29, 0.717) is 15.8 Å². The van der Waals surface area contributed by atoms with E-state index in [9.17, 15) is 18.0 Å². The number of anilines is 1. The van der Waals surface area contributed by atoms with Crippen molar-refractivity contribution in [3.05, 3.63) is 52.9 Å². The quantitative estimate of drug-likeness (QED) is 0.728. The normalized spacial score (nSPS) is 11.5. The second-order valence-electron chi connectivity index (χ2n) is 4.58. The van der Waals surface area contributed by atoms with Gasteiger partial charge in [0, 0.05) is 18.1 Å². The minimum absolute atomic E-state index is 0.101. The number of ether oxygens (including phenoxy) is 1. The fourth-order valence-electron chi connectivity index (χ4n) is 1.93. The predicted molar refractivity (Wildman–Crippen MR) is 81.8 cm³/mol. The Morgan fingerprint density at radius 2 is 1.96 bits per heavy atom. The molecular formula is C14H8BrF3N4O2. The predicted octanol–water partition coefficient (Wildman–Crippen LogP) is 3.64. The number of fused-ring (bicyclic) bond motifs is 1. The monoisotopic (exact) mass is 400 g/mol. The third kappa shape index (κ3) is 3.48. The number of rotatable bonds is 3. The molecule has 1 amide bonds. The average molecular weight is 401 g/mol. The first-order chi connectivity index (χ1) is 11.3. The maximum Gasteiger partial charge on any atom is 0.573 e. The third-order valence-corrected chi connectivity index (χ3v) is 3.63. The van der Waals surface area contributed by atoms with Crippen LogP contribution in [-0.2, 0) is 0 Å². The van der Waals surface area contributed by atoms with Gasteiger partial charge in [0.15, 0.2) is 11.3 Å². The second kappa shape index (κ2) is 6.11. The van der Waals surface area contributed by atoms with Gasteiger partial charge in [-0.1, -0.05) is 0 Å². The highest BCUT2D eigenvalue weighted by Crippen LogP contribution is 2.25. The molecule has 0 radical (unpaired) electrons. The molecular weight excluding hydrogens is 393 g/mol. The summed E-state index contributed by atoms with van der Waals surface area (Å²) in [7, 11) is 0. The number of amides is 1. The molecule has 0 saturated heterocycles. The first-order valence-corrected chi connectivity index (χ1v) is 7.29. The molecule has 0 spiro atoms. The molecule has 0 aliphatic heterocycles. The number of hydrogen-bond acceptors (Lipinski definition) is 4. The molecule has 0 bridgehead atoms. The largest absolute Gasteiger partial charge is 0.573 e. The van der Waals surface area contributed by atoms with E-state index in [1.54, 1.807) is 18.5 Å². The van der Waals surface area contributed by atoms with Crippen LogP contribution in [0.1, 0.15) is 10.5 Å². The summed E-state index contributed by atoms with van der Waals surface area (Å²) >= 11 is 3.26. The van der Waals surface area contributed by atoms with Gasteiger partial charge in [-0.25, -0.2) is 9.50 Å². The number of nitrogens with zero attached hydrogens (tertiary/aromatic N) is 3. The Balaban J connectivity index is 1.77. The lowest BCUT2D eigenvalue weighted by molar-refractivity contribution is -0.274. The van der Waals surface area contributed by atoms with Crippen LogP contribution in [0.4, 0.5) is 18.9 Å². The Bertz CT molecular complexity index is 893. The second-order valence-corrected chi connectivity index (χ2v) is 5.37. The number of nitrogens with one attached hydrogen (secondary N) is 1. The van der Waals surface area contributed by atoms with E-state index in [1.165, 1.54) is 16.6 Å². The van der Waals surface area contributed by atoms with Crippen LogP contribution in [0.5, 0.6) is 5.75 Å². The number of carbonyl (C=O) groups is 1. The lowest BCUT2D eigenvalue weighted by Crippen LogP contribution is -2.17. The summed E-state index contributed by atoms with van der Waals surface area (Å²) < 4.78 is 41.9. The van der Waals surface area contributed by atoms with E-state index in [2.05, 4.69) is 36.1 Å². The van der Waals surface area contributed by atoms with Gasteiger partial charge < -0.3 is 10.1 Å². The Kier molecular flexibility index (Phi) is 4.14. The van der Waals surface area contributed by atoms with Crippen LogP contribution in [0.2, 0.25) is 0 Å². The molecule has 0 unspecified atom stereocenters. The Morgan fingerprint density at radius 1 is 1.25 bits per heavy atom. The molecule has 0 saturated carbocycles. The zero-order valence-corrected chi connectivity index (χ0v) is 13.3. The minimum Gasteiger partial charge on any atom is -0.406 e. The molecule has 1 aromatic carbocycles. The lowest BCUT2D eigenvalue weighted by Gasteiger charge is -2.09. The summed E-state index contributed by atoms with van der Waals surface area (Å²) in [5.74, 6) is -0.907. The van der Waals surface area contributed by atoms with Crippen LogP contribution in [0, 0.1) is 0 Å². The summed E-state index contributed by atoms with van der Waals surface area (Å²) in [6.45, 7) is 0. The highest BCUT2D eigenvalue weighted by atomic mass is 79.9. The minimum atomic E-state index is -4.76. The van der Waals surface area contributed by atoms with E-state index in [1.807, 2.05) is 0 Å². The van der Waals surface area contributed by atoms with Gasteiger partial charge in [-0.3, -0.25) is 4.79 Å². The van der Waals surface area contributed by atoms with Crippen LogP contribution in [0.25, 0.3) is 5.65 Å². The maximum absolute atomic E-state index is 12.3. The molecule has 0 fully saturated rings. The van der Waals surface area contributed by atoms with Crippen molar-refractivity contribution in [3.8, 4) is 5.75 Å². The zero-order chi connectivity index (χ0) is 17.3. The van der Waals surface area contributed by atoms with Crippen LogP contribution < -0.4 is 10.1 Å². The molecule has 24 heavy (non-hydrogen) atoms. The summed E-state index contributed by atoms with van der Waals surface area (Å²) in [5, 5.41) is 6.64. The standard InChI is InChI=1S/C14H8BrF3N4O2/c15-10-11(21-22-7-1-6-19-12(10)22)13(23)20-8-2-4-9(5-3-8)24-14(16,17)18/h1-7H,(H,20,23). The molecule has 1 N–H and O–H groups in total. The van der Waals surface area contributed by atoms with Gasteiger partial charge in [-0.15, -0.1) is 13.2 Å². The van der Waals surface area contributed by atoms with Crippen LogP contribution in [0.3, 0.4) is 0 Å². The van der Waals surface area contributed by atoms with Gasteiger partial charge in [0.1, 0.15) is 5.75 Å². The molecule has 0 aliphatic rings.